The molecule has 1 aliphatic heterocycles. The molecule has 108 valence electrons. The van der Waals surface area contributed by atoms with Crippen molar-refractivity contribution in [2.24, 2.45) is 0 Å². The summed E-state index contributed by atoms with van der Waals surface area (Å²) in [7, 11) is 1.62. The number of nitrogens with one attached hydrogen (secondary N) is 1. The van der Waals surface area contributed by atoms with Crippen molar-refractivity contribution in [2.75, 3.05) is 18.5 Å². The van der Waals surface area contributed by atoms with Crippen molar-refractivity contribution >= 4 is 29.2 Å². The summed E-state index contributed by atoms with van der Waals surface area (Å²) in [4.78, 5) is 24.8. The Balaban J connectivity index is 2.32. The lowest BCUT2D eigenvalue weighted by Crippen LogP contribution is -2.49. The maximum absolute atomic E-state index is 11.9. The van der Waals surface area contributed by atoms with Gasteiger partial charge in [-0.15, -0.1) is 0 Å². The average molecular weight is 297 g/mol. The molecule has 2 rings (SSSR count). The maximum Gasteiger partial charge on any atom is 0.335 e. The molecule has 2 N–H and O–H groups in total. The molecule has 1 amide bonds. The number of aromatic carboxylic acids is 1. The maximum atomic E-state index is 11.9. The van der Waals surface area contributed by atoms with Crippen LogP contribution in [-0.2, 0) is 4.79 Å². The predicted molar refractivity (Wildman–Crippen MR) is 77.5 cm³/mol. The van der Waals surface area contributed by atoms with Gasteiger partial charge in [0.25, 0.3) is 0 Å². The molecule has 20 heavy (non-hydrogen) atoms. The number of rotatable bonds is 3. The molecule has 0 spiro atoms. The minimum absolute atomic E-state index is 0.0388. The Morgan fingerprint density at radius 3 is 2.75 bits per heavy atom. The Hall–Kier alpha value is -1.75. The van der Waals surface area contributed by atoms with Crippen LogP contribution >= 0.6 is 11.6 Å². The third kappa shape index (κ3) is 2.88. The highest BCUT2D eigenvalue weighted by Gasteiger charge is 2.29. The largest absolute Gasteiger partial charge is 0.478 e. The number of halogens is 1. The van der Waals surface area contributed by atoms with Crippen molar-refractivity contribution in [3.63, 3.8) is 0 Å². The first kappa shape index (κ1) is 14.7. The molecule has 0 aliphatic carbocycles. The third-order valence-corrected chi connectivity index (χ3v) is 3.86. The van der Waals surface area contributed by atoms with Gasteiger partial charge in [0.2, 0.25) is 5.91 Å². The van der Waals surface area contributed by atoms with Crippen molar-refractivity contribution in [3.05, 3.63) is 28.8 Å². The number of carbonyl (C=O) groups excluding carboxylic acids is 1. The quantitative estimate of drug-likeness (QED) is 0.896. The molecule has 1 fully saturated rings. The van der Waals surface area contributed by atoms with E-state index in [-0.39, 0.29) is 17.5 Å². The normalized spacial score (nSPS) is 18.7. The van der Waals surface area contributed by atoms with E-state index in [1.807, 2.05) is 4.90 Å². The van der Waals surface area contributed by atoms with E-state index in [0.717, 1.165) is 25.8 Å². The van der Waals surface area contributed by atoms with E-state index in [9.17, 15) is 9.59 Å². The van der Waals surface area contributed by atoms with E-state index in [1.165, 1.54) is 12.1 Å². The summed E-state index contributed by atoms with van der Waals surface area (Å²) in [6.45, 7) is 0.740. The Labute approximate surface area is 122 Å². The molecule has 1 atom stereocenters. The zero-order valence-corrected chi connectivity index (χ0v) is 12.0. The van der Waals surface area contributed by atoms with Crippen LogP contribution in [0.25, 0.3) is 0 Å². The van der Waals surface area contributed by atoms with E-state index in [4.69, 9.17) is 16.7 Å². The second-order valence-corrected chi connectivity index (χ2v) is 5.20. The fourth-order valence-electron chi connectivity index (χ4n) is 2.53. The van der Waals surface area contributed by atoms with Gasteiger partial charge < -0.3 is 15.3 Å². The number of likely N-dealkylation sites (N-methyl/N-ethyl adjacent to an activating group) is 1. The minimum atomic E-state index is -1.01. The first-order valence-corrected chi connectivity index (χ1v) is 6.93. The van der Waals surface area contributed by atoms with Crippen LogP contribution in [0.5, 0.6) is 0 Å². The van der Waals surface area contributed by atoms with Gasteiger partial charge in [0.05, 0.1) is 16.3 Å². The lowest BCUT2D eigenvalue weighted by atomic mass is 10.00. The summed E-state index contributed by atoms with van der Waals surface area (Å²) in [6.07, 6.45) is 2.76. The SMILES string of the molecule is CNC(=O)C1CCCCN1c1ccc(C(=O)O)cc1Cl. The summed E-state index contributed by atoms with van der Waals surface area (Å²) in [5.41, 5.74) is 0.859. The number of anilines is 1. The number of amides is 1. The van der Waals surface area contributed by atoms with Gasteiger partial charge >= 0.3 is 5.97 Å². The van der Waals surface area contributed by atoms with Gasteiger partial charge in [-0.1, -0.05) is 11.6 Å². The predicted octanol–water partition coefficient (Wildman–Crippen LogP) is 2.14. The van der Waals surface area contributed by atoms with Crippen molar-refractivity contribution < 1.29 is 14.7 Å². The van der Waals surface area contributed by atoms with Crippen molar-refractivity contribution in [1.82, 2.24) is 5.32 Å². The molecule has 1 aromatic rings. The van der Waals surface area contributed by atoms with Gasteiger partial charge in [-0.2, -0.15) is 0 Å². The highest BCUT2D eigenvalue weighted by atomic mass is 35.5. The highest BCUT2D eigenvalue weighted by Crippen LogP contribution is 2.32. The monoisotopic (exact) mass is 296 g/mol. The number of piperidine rings is 1. The number of carboxylic acid groups (broad SMARTS) is 1. The van der Waals surface area contributed by atoms with Gasteiger partial charge in [-0.3, -0.25) is 4.79 Å². The average Bonchev–Trinajstić information content (AvgIpc) is 2.46. The van der Waals surface area contributed by atoms with E-state index < -0.39 is 5.97 Å². The number of hydrogen-bond acceptors (Lipinski definition) is 3. The van der Waals surface area contributed by atoms with Crippen LogP contribution < -0.4 is 10.2 Å². The van der Waals surface area contributed by atoms with Crippen molar-refractivity contribution in [3.8, 4) is 0 Å². The number of carboxylic acids is 1. The minimum Gasteiger partial charge on any atom is -0.478 e. The molecule has 6 heteroatoms. The van der Waals surface area contributed by atoms with Gasteiger partial charge in [-0.25, -0.2) is 4.79 Å². The van der Waals surface area contributed by atoms with Gasteiger partial charge in [0.15, 0.2) is 0 Å². The lowest BCUT2D eigenvalue weighted by molar-refractivity contribution is -0.122. The smallest absolute Gasteiger partial charge is 0.335 e. The molecule has 0 saturated carbocycles. The van der Waals surface area contributed by atoms with Crippen LogP contribution in [0.4, 0.5) is 5.69 Å². The Morgan fingerprint density at radius 2 is 2.15 bits per heavy atom. The van der Waals surface area contributed by atoms with Crippen LogP contribution in [0.15, 0.2) is 18.2 Å². The molecule has 1 aliphatic rings. The molecule has 1 aromatic carbocycles. The van der Waals surface area contributed by atoms with Crippen LogP contribution in [-0.4, -0.2) is 36.6 Å². The highest BCUT2D eigenvalue weighted by molar-refractivity contribution is 6.33. The van der Waals surface area contributed by atoms with Gasteiger partial charge in [-0.05, 0) is 37.5 Å². The number of carbonyl (C=O) groups is 2. The molecule has 1 saturated heterocycles. The fourth-order valence-corrected chi connectivity index (χ4v) is 2.82. The first-order chi connectivity index (χ1) is 9.54. The number of hydrogen-bond donors (Lipinski definition) is 2. The standard InChI is InChI=1S/C14H17ClN2O3/c1-16-13(18)12-4-2-3-7-17(12)11-6-5-9(14(19)20)8-10(11)15/h5-6,8,12H,2-4,7H2,1H3,(H,16,18)(H,19,20). The third-order valence-electron chi connectivity index (χ3n) is 3.56. The Morgan fingerprint density at radius 1 is 1.40 bits per heavy atom. The van der Waals surface area contributed by atoms with E-state index >= 15 is 0 Å². The molecular formula is C14H17ClN2O3. The molecule has 0 aromatic heterocycles. The molecular weight excluding hydrogens is 280 g/mol. The van der Waals surface area contributed by atoms with Crippen LogP contribution in [0.1, 0.15) is 29.6 Å². The van der Waals surface area contributed by atoms with Crippen LogP contribution in [0.3, 0.4) is 0 Å². The number of benzene rings is 1. The van der Waals surface area contributed by atoms with Crippen molar-refractivity contribution in [1.29, 1.82) is 0 Å². The summed E-state index contributed by atoms with van der Waals surface area (Å²) < 4.78 is 0. The van der Waals surface area contributed by atoms with E-state index in [1.54, 1.807) is 13.1 Å². The number of nitrogens with zero attached hydrogens (tertiary/aromatic N) is 1. The molecule has 0 bridgehead atoms. The first-order valence-electron chi connectivity index (χ1n) is 6.55. The lowest BCUT2D eigenvalue weighted by Gasteiger charge is -2.36. The summed E-state index contributed by atoms with van der Waals surface area (Å²) in [5.74, 6) is -1.05. The topological polar surface area (TPSA) is 69.6 Å². The van der Waals surface area contributed by atoms with E-state index in [0.29, 0.717) is 10.7 Å². The summed E-state index contributed by atoms with van der Waals surface area (Å²) in [6, 6.07) is 4.36. The molecule has 5 nitrogen and oxygen atoms in total. The van der Waals surface area contributed by atoms with Crippen LogP contribution in [0.2, 0.25) is 5.02 Å². The fraction of sp³-hybridized carbons (Fsp3) is 0.429. The zero-order valence-electron chi connectivity index (χ0n) is 11.2. The molecule has 1 heterocycles. The van der Waals surface area contributed by atoms with Crippen LogP contribution in [0, 0.1) is 0 Å². The Kier molecular flexibility index (Phi) is 4.49. The second kappa shape index (κ2) is 6.13. The Bertz CT molecular complexity index is 533. The van der Waals surface area contributed by atoms with Gasteiger partial charge in [0, 0.05) is 13.6 Å². The van der Waals surface area contributed by atoms with Gasteiger partial charge in [0.1, 0.15) is 6.04 Å². The van der Waals surface area contributed by atoms with E-state index in [2.05, 4.69) is 5.32 Å². The molecule has 0 radical (unpaired) electrons. The molecule has 1 unspecified atom stereocenters. The van der Waals surface area contributed by atoms with Crippen molar-refractivity contribution in [2.45, 2.75) is 25.3 Å². The zero-order chi connectivity index (χ0) is 14.7. The summed E-state index contributed by atoms with van der Waals surface area (Å²) >= 11 is 6.18. The summed E-state index contributed by atoms with van der Waals surface area (Å²) in [5, 5.41) is 12.0. The second-order valence-electron chi connectivity index (χ2n) is 4.79.